The second-order valence-corrected chi connectivity index (χ2v) is 14.0. The van der Waals surface area contributed by atoms with Crippen molar-refractivity contribution < 1.29 is 23.9 Å². The third-order valence-corrected chi connectivity index (χ3v) is 10.9. The van der Waals surface area contributed by atoms with Crippen LogP contribution in [0.5, 0.6) is 0 Å². The molecule has 3 aromatic rings. The number of carbonyl (C=O) groups is 1. The number of aliphatic hydroxyl groups is 1. The van der Waals surface area contributed by atoms with Crippen molar-refractivity contribution in [1.82, 2.24) is 0 Å². The molecule has 0 aliphatic rings. The highest BCUT2D eigenvalue weighted by atomic mass is 28.4. The molecule has 1 atom stereocenters. The summed E-state index contributed by atoms with van der Waals surface area (Å²) in [6, 6.07) is 28.1. The zero-order valence-electron chi connectivity index (χ0n) is 21.4. The first-order chi connectivity index (χ1) is 17.2. The van der Waals surface area contributed by atoms with Gasteiger partial charge in [-0.2, -0.15) is 0 Å². The summed E-state index contributed by atoms with van der Waals surface area (Å²) in [7, 11) is -2.73. The summed E-state index contributed by atoms with van der Waals surface area (Å²) in [6.07, 6.45) is 0.449. The summed E-state index contributed by atoms with van der Waals surface area (Å²) in [5, 5.41) is 16.7. The minimum absolute atomic E-state index is 0.102. The van der Waals surface area contributed by atoms with Crippen molar-refractivity contribution in [3.05, 3.63) is 96.1 Å². The molecule has 0 spiro atoms. The number of benzene rings is 3. The maximum Gasteiger partial charge on any atom is 0.302 e. The topological polar surface area (TPSA) is 77.4 Å². The van der Waals surface area contributed by atoms with Gasteiger partial charge in [0, 0.05) is 6.92 Å². The molecule has 0 aromatic heterocycles. The Labute approximate surface area is 214 Å². The van der Waals surface area contributed by atoms with E-state index in [0.717, 1.165) is 21.5 Å². The van der Waals surface area contributed by atoms with E-state index in [0.29, 0.717) is 0 Å². The number of aliphatic hydroxyl groups excluding tert-OH is 1. The molecule has 7 heteroatoms. The van der Waals surface area contributed by atoms with E-state index in [1.165, 1.54) is 13.1 Å². The van der Waals surface area contributed by atoms with Gasteiger partial charge in [-0.15, -0.1) is 0 Å². The summed E-state index contributed by atoms with van der Waals surface area (Å²) in [4.78, 5) is 16.3. The molecular weight excluding hydrogens is 470 g/mol. The number of rotatable bonds is 11. The van der Waals surface area contributed by atoms with Crippen LogP contribution in [-0.2, 0) is 32.0 Å². The minimum Gasteiger partial charge on any atom is -0.461 e. The van der Waals surface area contributed by atoms with Crippen molar-refractivity contribution >= 4 is 30.9 Å². The molecule has 0 fully saturated rings. The highest BCUT2D eigenvalue weighted by Crippen LogP contribution is 2.36. The van der Waals surface area contributed by atoms with Crippen molar-refractivity contribution in [2.75, 3.05) is 6.61 Å². The molecular formula is C29H35NO5Si. The summed E-state index contributed by atoms with van der Waals surface area (Å²) in [5.41, 5.74) is 1.81. The van der Waals surface area contributed by atoms with Crippen LogP contribution in [0.1, 0.15) is 38.8 Å². The molecule has 0 saturated carbocycles. The van der Waals surface area contributed by atoms with Crippen LogP contribution < -0.4 is 10.4 Å². The highest BCUT2D eigenvalue weighted by Gasteiger charge is 2.50. The first kappa shape index (κ1) is 27.3. The lowest BCUT2D eigenvalue weighted by molar-refractivity contribution is -0.142. The molecule has 0 aliphatic heterocycles. The van der Waals surface area contributed by atoms with Gasteiger partial charge in [-0.1, -0.05) is 111 Å². The lowest BCUT2D eigenvalue weighted by atomic mass is 10.1. The fourth-order valence-electron chi connectivity index (χ4n) is 4.16. The summed E-state index contributed by atoms with van der Waals surface area (Å²) >= 11 is 0. The number of carbonyl (C=O) groups excluding carboxylic acids is 1. The van der Waals surface area contributed by atoms with E-state index in [1.807, 2.05) is 60.7 Å². The van der Waals surface area contributed by atoms with Crippen LogP contribution in [0.25, 0.3) is 0 Å². The lowest BCUT2D eigenvalue weighted by Gasteiger charge is -2.43. The van der Waals surface area contributed by atoms with Gasteiger partial charge in [-0.3, -0.25) is 4.79 Å². The van der Waals surface area contributed by atoms with Crippen molar-refractivity contribution in [2.24, 2.45) is 5.16 Å². The number of hydrogen-bond acceptors (Lipinski definition) is 6. The molecule has 190 valence electrons. The third-order valence-electron chi connectivity index (χ3n) is 5.89. The van der Waals surface area contributed by atoms with Gasteiger partial charge >= 0.3 is 5.97 Å². The third kappa shape index (κ3) is 7.13. The molecule has 0 saturated heterocycles. The maximum absolute atomic E-state index is 10.9. The van der Waals surface area contributed by atoms with Gasteiger partial charge in [0.05, 0.1) is 12.8 Å². The Kier molecular flexibility index (Phi) is 9.58. The minimum atomic E-state index is -2.73. The van der Waals surface area contributed by atoms with Gasteiger partial charge in [0.2, 0.25) is 0 Å². The first-order valence-electron chi connectivity index (χ1n) is 12.0. The van der Waals surface area contributed by atoms with Crippen molar-refractivity contribution in [2.45, 2.75) is 52.1 Å². The zero-order valence-corrected chi connectivity index (χ0v) is 22.4. The van der Waals surface area contributed by atoms with E-state index >= 15 is 0 Å². The normalized spacial score (nSPS) is 12.9. The van der Waals surface area contributed by atoms with Crippen LogP contribution in [0.2, 0.25) is 5.04 Å². The van der Waals surface area contributed by atoms with E-state index in [1.54, 1.807) is 0 Å². The van der Waals surface area contributed by atoms with Gasteiger partial charge in [0.1, 0.15) is 19.3 Å². The Morgan fingerprint density at radius 1 is 0.889 bits per heavy atom. The maximum atomic E-state index is 10.9. The van der Waals surface area contributed by atoms with E-state index in [-0.39, 0.29) is 30.8 Å². The highest BCUT2D eigenvalue weighted by molar-refractivity contribution is 6.99. The number of nitrogens with zero attached hydrogens (tertiary/aromatic N) is 1. The predicted octanol–water partition coefficient (Wildman–Crippen LogP) is 4.19. The van der Waals surface area contributed by atoms with E-state index in [9.17, 15) is 9.90 Å². The van der Waals surface area contributed by atoms with Gasteiger partial charge < -0.3 is 19.1 Å². The SMILES string of the molecule is CC(=O)OCc1ccc(CO/N=C/[C@H](O)CO[Si](c2ccccc2)(c2ccccc2)C(C)(C)C)cc1. The van der Waals surface area contributed by atoms with Crippen molar-refractivity contribution in [1.29, 1.82) is 0 Å². The molecule has 6 nitrogen and oxygen atoms in total. The lowest BCUT2D eigenvalue weighted by Crippen LogP contribution is -2.67. The smallest absolute Gasteiger partial charge is 0.302 e. The second kappa shape index (κ2) is 12.6. The fraction of sp³-hybridized carbons (Fsp3) is 0.310. The molecule has 3 rings (SSSR count). The van der Waals surface area contributed by atoms with Gasteiger partial charge in [-0.25, -0.2) is 0 Å². The van der Waals surface area contributed by atoms with Crippen LogP contribution in [0.3, 0.4) is 0 Å². The van der Waals surface area contributed by atoms with E-state index < -0.39 is 14.4 Å². The van der Waals surface area contributed by atoms with Crippen molar-refractivity contribution in [3.8, 4) is 0 Å². The molecule has 0 amide bonds. The molecule has 1 N–H and O–H groups in total. The van der Waals surface area contributed by atoms with Crippen LogP contribution in [0, 0.1) is 0 Å². The standard InChI is InChI=1S/C29H35NO5Si/c1-23(31)33-20-24-15-17-25(18-16-24)21-34-30-19-26(32)22-35-36(29(2,3)4,27-11-7-5-8-12-27)28-13-9-6-10-14-28/h5-19,26,32H,20-22H2,1-4H3/b30-19+/t26-/m0/s1. The van der Waals surface area contributed by atoms with Crippen LogP contribution in [-0.4, -0.2) is 38.3 Å². The van der Waals surface area contributed by atoms with Gasteiger partial charge in [-0.05, 0) is 26.5 Å². The Hall–Kier alpha value is -3.26. The van der Waals surface area contributed by atoms with E-state index in [4.69, 9.17) is 14.0 Å². The number of esters is 1. The Bertz CT molecular complexity index is 1070. The molecule has 0 unspecified atom stereocenters. The quantitative estimate of drug-likeness (QED) is 0.183. The molecule has 36 heavy (non-hydrogen) atoms. The monoisotopic (exact) mass is 505 g/mol. The second-order valence-electron chi connectivity index (χ2n) is 9.67. The Balaban J connectivity index is 1.64. The fourth-order valence-corrected chi connectivity index (χ4v) is 8.73. The number of ether oxygens (including phenoxy) is 1. The molecule has 0 bridgehead atoms. The van der Waals surface area contributed by atoms with Crippen LogP contribution in [0.4, 0.5) is 0 Å². The van der Waals surface area contributed by atoms with Crippen LogP contribution in [0.15, 0.2) is 90.1 Å². The van der Waals surface area contributed by atoms with Crippen molar-refractivity contribution in [3.63, 3.8) is 0 Å². The Morgan fingerprint density at radius 2 is 1.39 bits per heavy atom. The van der Waals surface area contributed by atoms with Gasteiger partial charge in [0.25, 0.3) is 8.32 Å². The predicted molar refractivity (Wildman–Crippen MR) is 145 cm³/mol. The molecule has 3 aromatic carbocycles. The molecule has 0 radical (unpaired) electrons. The van der Waals surface area contributed by atoms with E-state index in [2.05, 4.69) is 50.2 Å². The summed E-state index contributed by atoms with van der Waals surface area (Å²) in [5.74, 6) is -0.311. The molecule has 0 heterocycles. The molecule has 0 aliphatic carbocycles. The zero-order chi connectivity index (χ0) is 26.0. The average Bonchev–Trinajstić information content (AvgIpc) is 2.87. The summed E-state index contributed by atoms with van der Waals surface area (Å²) < 4.78 is 11.7. The number of hydrogen-bond donors (Lipinski definition) is 1. The average molecular weight is 506 g/mol. The largest absolute Gasteiger partial charge is 0.461 e. The first-order valence-corrected chi connectivity index (χ1v) is 13.9. The number of oxime groups is 1. The summed E-state index contributed by atoms with van der Waals surface area (Å²) in [6.45, 7) is 8.57. The Morgan fingerprint density at radius 3 is 1.86 bits per heavy atom. The van der Waals surface area contributed by atoms with Crippen LogP contribution >= 0.6 is 0 Å². The van der Waals surface area contributed by atoms with Gasteiger partial charge in [0.15, 0.2) is 0 Å².